The van der Waals surface area contributed by atoms with E-state index in [0.717, 1.165) is 37.5 Å². The molecule has 1 N–H and O–H groups in total. The van der Waals surface area contributed by atoms with Crippen LogP contribution in [0.3, 0.4) is 0 Å². The van der Waals surface area contributed by atoms with Gasteiger partial charge in [0.15, 0.2) is 0 Å². The van der Waals surface area contributed by atoms with E-state index in [-0.39, 0.29) is 21.6 Å². The molecular weight excluding hydrogens is 280 g/mol. The predicted octanol–water partition coefficient (Wildman–Crippen LogP) is 3.24. The smallest absolute Gasteiger partial charge is 0.139 e. The first-order valence-electron chi connectivity index (χ1n) is 6.87. The first-order chi connectivity index (χ1) is 9.34. The third-order valence-electron chi connectivity index (χ3n) is 4.09. The fourth-order valence-electron chi connectivity index (χ4n) is 2.87. The maximum absolute atomic E-state index is 13.8. The van der Waals surface area contributed by atoms with E-state index in [9.17, 15) is 13.0 Å². The number of rotatable bonds is 3. The van der Waals surface area contributed by atoms with Crippen LogP contribution in [-0.4, -0.2) is 22.5 Å². The van der Waals surface area contributed by atoms with Crippen LogP contribution < -0.4 is 5.32 Å². The fourth-order valence-corrected chi connectivity index (χ4v) is 4.86. The molecule has 0 aromatic heterocycles. The molecule has 3 unspecified atom stereocenters. The van der Waals surface area contributed by atoms with Crippen LogP contribution in [0.2, 0.25) is 0 Å². The summed E-state index contributed by atoms with van der Waals surface area (Å²) < 4.78 is 39.8. The maximum Gasteiger partial charge on any atom is 0.139 e. The van der Waals surface area contributed by atoms with Gasteiger partial charge in [-0.2, -0.15) is 0 Å². The van der Waals surface area contributed by atoms with Crippen LogP contribution in [0, 0.1) is 17.0 Å². The molecule has 0 radical (unpaired) electrons. The fraction of sp³-hybridized carbons (Fsp3) is 0.600. The largest absolute Gasteiger partial charge is 0.316 e. The second-order valence-electron chi connectivity index (χ2n) is 6.21. The summed E-state index contributed by atoms with van der Waals surface area (Å²) in [5.41, 5.74) is 0.0808. The molecule has 1 fully saturated rings. The molecule has 20 heavy (non-hydrogen) atoms. The SMILES string of the molecule is CNC1CCC(C)(C)CC1S(=O)c1cc(F)ccc1F. The lowest BCUT2D eigenvalue weighted by atomic mass is 9.75. The Morgan fingerprint density at radius 3 is 2.70 bits per heavy atom. The molecule has 1 saturated carbocycles. The van der Waals surface area contributed by atoms with Gasteiger partial charge in [0.05, 0.1) is 20.9 Å². The average molecular weight is 301 g/mol. The highest BCUT2D eigenvalue weighted by molar-refractivity contribution is 7.85. The van der Waals surface area contributed by atoms with Gasteiger partial charge in [0.2, 0.25) is 0 Å². The molecule has 1 aliphatic carbocycles. The molecule has 1 aromatic rings. The highest BCUT2D eigenvalue weighted by Gasteiger charge is 2.38. The summed E-state index contributed by atoms with van der Waals surface area (Å²) in [6.45, 7) is 4.26. The van der Waals surface area contributed by atoms with Crippen LogP contribution in [0.1, 0.15) is 33.1 Å². The van der Waals surface area contributed by atoms with Gasteiger partial charge in [0, 0.05) is 6.04 Å². The normalized spacial score (nSPS) is 27.2. The van der Waals surface area contributed by atoms with Crippen LogP contribution in [0.5, 0.6) is 0 Å². The molecule has 0 saturated heterocycles. The molecule has 5 heteroatoms. The highest BCUT2D eigenvalue weighted by atomic mass is 32.2. The predicted molar refractivity (Wildman–Crippen MR) is 77.0 cm³/mol. The van der Waals surface area contributed by atoms with Crippen LogP contribution in [0.25, 0.3) is 0 Å². The van der Waals surface area contributed by atoms with E-state index in [1.54, 1.807) is 0 Å². The number of nitrogens with one attached hydrogen (secondary N) is 1. The van der Waals surface area contributed by atoms with Crippen molar-refractivity contribution in [1.82, 2.24) is 5.32 Å². The molecule has 0 aliphatic heterocycles. The topological polar surface area (TPSA) is 29.1 Å². The zero-order chi connectivity index (χ0) is 14.9. The van der Waals surface area contributed by atoms with Crippen molar-refractivity contribution < 1.29 is 13.0 Å². The summed E-state index contributed by atoms with van der Waals surface area (Å²) >= 11 is 0. The first kappa shape index (κ1) is 15.6. The Morgan fingerprint density at radius 1 is 1.35 bits per heavy atom. The first-order valence-corrected chi connectivity index (χ1v) is 8.08. The third-order valence-corrected chi connectivity index (χ3v) is 5.88. The minimum absolute atomic E-state index is 0.0204. The molecule has 112 valence electrons. The van der Waals surface area contributed by atoms with Gasteiger partial charge in [0.25, 0.3) is 0 Å². The lowest BCUT2D eigenvalue weighted by Gasteiger charge is -2.40. The molecular formula is C15H21F2NOS. The quantitative estimate of drug-likeness (QED) is 0.928. The molecule has 1 aliphatic rings. The Labute approximate surface area is 121 Å². The molecule has 0 bridgehead atoms. The average Bonchev–Trinajstić information content (AvgIpc) is 2.40. The van der Waals surface area contributed by atoms with Crippen LogP contribution in [-0.2, 0) is 10.8 Å². The monoisotopic (exact) mass is 301 g/mol. The molecule has 2 nitrogen and oxygen atoms in total. The Kier molecular flexibility index (Phi) is 4.59. The summed E-state index contributed by atoms with van der Waals surface area (Å²) in [6, 6.07) is 3.23. The van der Waals surface area contributed by atoms with Gasteiger partial charge in [-0.3, -0.25) is 4.21 Å². The minimum Gasteiger partial charge on any atom is -0.316 e. The van der Waals surface area contributed by atoms with Gasteiger partial charge >= 0.3 is 0 Å². The van der Waals surface area contributed by atoms with Crippen molar-refractivity contribution in [3.63, 3.8) is 0 Å². The Bertz CT molecular complexity index is 519. The van der Waals surface area contributed by atoms with Gasteiger partial charge in [-0.15, -0.1) is 0 Å². The van der Waals surface area contributed by atoms with E-state index < -0.39 is 22.4 Å². The highest BCUT2D eigenvalue weighted by Crippen LogP contribution is 2.39. The molecule has 2 rings (SSSR count). The van der Waals surface area contributed by atoms with E-state index in [2.05, 4.69) is 19.2 Å². The summed E-state index contributed by atoms with van der Waals surface area (Å²) in [5, 5.41) is 2.97. The zero-order valence-corrected chi connectivity index (χ0v) is 12.9. The van der Waals surface area contributed by atoms with Crippen molar-refractivity contribution in [3.05, 3.63) is 29.8 Å². The van der Waals surface area contributed by atoms with Crippen molar-refractivity contribution in [3.8, 4) is 0 Å². The van der Waals surface area contributed by atoms with Gasteiger partial charge in [-0.25, -0.2) is 8.78 Å². The Hall–Kier alpha value is -0.810. The minimum atomic E-state index is -1.55. The van der Waals surface area contributed by atoms with Crippen LogP contribution in [0.4, 0.5) is 8.78 Å². The van der Waals surface area contributed by atoms with E-state index in [1.807, 2.05) is 7.05 Å². The molecule has 1 aromatic carbocycles. The van der Waals surface area contributed by atoms with Crippen molar-refractivity contribution in [2.45, 2.75) is 49.3 Å². The summed E-state index contributed by atoms with van der Waals surface area (Å²) in [6.07, 6.45) is 2.68. The lowest BCUT2D eigenvalue weighted by molar-refractivity contribution is 0.216. The summed E-state index contributed by atoms with van der Waals surface area (Å²) in [5.74, 6) is -1.14. The number of hydrogen-bond acceptors (Lipinski definition) is 2. The van der Waals surface area contributed by atoms with E-state index >= 15 is 0 Å². The zero-order valence-electron chi connectivity index (χ0n) is 12.1. The van der Waals surface area contributed by atoms with Crippen molar-refractivity contribution >= 4 is 10.8 Å². The maximum atomic E-state index is 13.8. The Morgan fingerprint density at radius 2 is 2.05 bits per heavy atom. The third kappa shape index (κ3) is 3.26. The van der Waals surface area contributed by atoms with Gasteiger partial charge < -0.3 is 5.32 Å². The van der Waals surface area contributed by atoms with Crippen molar-refractivity contribution in [2.24, 2.45) is 5.41 Å². The van der Waals surface area contributed by atoms with Crippen LogP contribution >= 0.6 is 0 Å². The van der Waals surface area contributed by atoms with E-state index in [0.29, 0.717) is 0 Å². The van der Waals surface area contributed by atoms with Gasteiger partial charge in [-0.1, -0.05) is 13.8 Å². The number of hydrogen-bond donors (Lipinski definition) is 1. The molecule has 0 spiro atoms. The van der Waals surface area contributed by atoms with Gasteiger partial charge in [-0.05, 0) is 49.9 Å². The molecule has 3 atom stereocenters. The van der Waals surface area contributed by atoms with E-state index in [1.165, 1.54) is 0 Å². The second kappa shape index (κ2) is 5.90. The lowest BCUT2D eigenvalue weighted by Crippen LogP contribution is -2.47. The number of benzene rings is 1. The van der Waals surface area contributed by atoms with Gasteiger partial charge in [0.1, 0.15) is 11.6 Å². The van der Waals surface area contributed by atoms with Crippen molar-refractivity contribution in [2.75, 3.05) is 7.05 Å². The number of halogens is 2. The molecule has 0 amide bonds. The second-order valence-corrected chi connectivity index (χ2v) is 7.85. The summed E-state index contributed by atoms with van der Waals surface area (Å²) in [7, 11) is 0.283. The molecule has 0 heterocycles. The Balaban J connectivity index is 2.31. The van der Waals surface area contributed by atoms with Crippen molar-refractivity contribution in [1.29, 1.82) is 0 Å². The standard InChI is InChI=1S/C15H21F2NOS/c1-15(2)7-6-12(18-3)14(9-15)20(19)13-8-10(16)4-5-11(13)17/h4-5,8,12,14,18H,6-7,9H2,1-3H3. The van der Waals surface area contributed by atoms with Crippen LogP contribution in [0.15, 0.2) is 23.1 Å². The summed E-state index contributed by atoms with van der Waals surface area (Å²) in [4.78, 5) is -0.0204. The van der Waals surface area contributed by atoms with E-state index in [4.69, 9.17) is 0 Å².